The van der Waals surface area contributed by atoms with Crippen LogP contribution in [0, 0.1) is 5.82 Å². The Morgan fingerprint density at radius 3 is 2.22 bits per heavy atom. The zero-order valence-electron chi connectivity index (χ0n) is 12.0. The zero-order valence-corrected chi connectivity index (χ0v) is 12.0. The lowest BCUT2D eigenvalue weighted by Gasteiger charge is -2.35. The number of hydrogen-bond acceptors (Lipinski definition) is 5. The SMILES string of the molecule is Fc1ccc(N2CCN(c3nccc(C(F)(F)F)n3)CC2)nc1. The van der Waals surface area contributed by atoms with Crippen LogP contribution in [0.3, 0.4) is 0 Å². The Morgan fingerprint density at radius 1 is 0.913 bits per heavy atom. The first-order chi connectivity index (χ1) is 10.9. The molecule has 0 bridgehead atoms. The van der Waals surface area contributed by atoms with Crippen molar-refractivity contribution in [2.45, 2.75) is 6.18 Å². The van der Waals surface area contributed by atoms with Crippen LogP contribution in [0.5, 0.6) is 0 Å². The van der Waals surface area contributed by atoms with Crippen molar-refractivity contribution in [2.75, 3.05) is 36.0 Å². The van der Waals surface area contributed by atoms with Crippen molar-refractivity contribution >= 4 is 11.8 Å². The summed E-state index contributed by atoms with van der Waals surface area (Å²) in [6.45, 7) is 2.00. The minimum Gasteiger partial charge on any atom is -0.353 e. The molecular formula is C14H13F4N5. The number of alkyl halides is 3. The normalized spacial score (nSPS) is 15.8. The molecular weight excluding hydrogens is 314 g/mol. The largest absolute Gasteiger partial charge is 0.433 e. The zero-order chi connectivity index (χ0) is 16.4. The minimum absolute atomic E-state index is 0.0616. The van der Waals surface area contributed by atoms with Crippen LogP contribution in [-0.2, 0) is 6.18 Å². The van der Waals surface area contributed by atoms with Gasteiger partial charge in [0.15, 0.2) is 0 Å². The maximum Gasteiger partial charge on any atom is 0.433 e. The van der Waals surface area contributed by atoms with E-state index in [4.69, 9.17) is 0 Å². The van der Waals surface area contributed by atoms with Crippen molar-refractivity contribution in [1.29, 1.82) is 0 Å². The van der Waals surface area contributed by atoms with Gasteiger partial charge in [0.25, 0.3) is 0 Å². The molecule has 3 heterocycles. The Morgan fingerprint density at radius 2 is 1.61 bits per heavy atom. The number of nitrogens with zero attached hydrogens (tertiary/aromatic N) is 5. The number of halogens is 4. The number of hydrogen-bond donors (Lipinski definition) is 0. The van der Waals surface area contributed by atoms with Crippen LogP contribution in [0.25, 0.3) is 0 Å². The molecule has 122 valence electrons. The second-order valence-corrected chi connectivity index (χ2v) is 5.05. The van der Waals surface area contributed by atoms with Crippen molar-refractivity contribution in [3.8, 4) is 0 Å². The Labute approximate surface area is 129 Å². The Kier molecular flexibility index (Phi) is 4.01. The van der Waals surface area contributed by atoms with Gasteiger partial charge in [0.1, 0.15) is 17.3 Å². The van der Waals surface area contributed by atoms with Crippen molar-refractivity contribution in [3.05, 3.63) is 42.1 Å². The lowest BCUT2D eigenvalue weighted by atomic mass is 10.3. The van der Waals surface area contributed by atoms with E-state index in [-0.39, 0.29) is 5.95 Å². The molecule has 2 aromatic rings. The van der Waals surface area contributed by atoms with Crippen LogP contribution in [-0.4, -0.2) is 41.1 Å². The smallest absolute Gasteiger partial charge is 0.353 e. The molecule has 0 radical (unpaired) electrons. The van der Waals surface area contributed by atoms with E-state index in [2.05, 4.69) is 15.0 Å². The first-order valence-electron chi connectivity index (χ1n) is 6.95. The number of pyridine rings is 1. The Hall–Kier alpha value is -2.45. The highest BCUT2D eigenvalue weighted by Gasteiger charge is 2.33. The Bertz CT molecular complexity index is 666. The summed E-state index contributed by atoms with van der Waals surface area (Å²) in [5.41, 5.74) is -0.954. The summed E-state index contributed by atoms with van der Waals surface area (Å²) in [7, 11) is 0. The van der Waals surface area contributed by atoms with Gasteiger partial charge >= 0.3 is 6.18 Å². The van der Waals surface area contributed by atoms with Gasteiger partial charge in [-0.25, -0.2) is 19.3 Å². The van der Waals surface area contributed by atoms with E-state index >= 15 is 0 Å². The topological polar surface area (TPSA) is 45.2 Å². The highest BCUT2D eigenvalue weighted by molar-refractivity contribution is 5.42. The van der Waals surface area contributed by atoms with Crippen LogP contribution in [0.1, 0.15) is 5.69 Å². The van der Waals surface area contributed by atoms with Crippen LogP contribution >= 0.6 is 0 Å². The fourth-order valence-electron chi connectivity index (χ4n) is 2.35. The average molecular weight is 327 g/mol. The quantitative estimate of drug-likeness (QED) is 0.793. The molecule has 0 aliphatic carbocycles. The van der Waals surface area contributed by atoms with Gasteiger partial charge in [-0.1, -0.05) is 0 Å². The average Bonchev–Trinajstić information content (AvgIpc) is 2.55. The van der Waals surface area contributed by atoms with Gasteiger partial charge in [0.2, 0.25) is 5.95 Å². The van der Waals surface area contributed by atoms with E-state index in [0.29, 0.717) is 32.0 Å². The summed E-state index contributed by atoms with van der Waals surface area (Å²) in [5.74, 6) is 0.285. The monoisotopic (exact) mass is 327 g/mol. The molecule has 1 saturated heterocycles. The molecule has 0 aromatic carbocycles. The molecule has 1 fully saturated rings. The summed E-state index contributed by atoms with van der Waals surface area (Å²) in [5, 5.41) is 0. The number of aromatic nitrogens is 3. The second kappa shape index (κ2) is 5.98. The maximum absolute atomic E-state index is 12.9. The second-order valence-electron chi connectivity index (χ2n) is 5.05. The molecule has 0 spiro atoms. The molecule has 0 unspecified atom stereocenters. The molecule has 1 aliphatic heterocycles. The molecule has 23 heavy (non-hydrogen) atoms. The molecule has 0 N–H and O–H groups in total. The molecule has 2 aromatic heterocycles. The van der Waals surface area contributed by atoms with E-state index in [1.54, 1.807) is 11.0 Å². The number of anilines is 2. The number of rotatable bonds is 2. The van der Waals surface area contributed by atoms with Crippen LogP contribution < -0.4 is 9.80 Å². The summed E-state index contributed by atoms with van der Waals surface area (Å²) < 4.78 is 51.0. The first-order valence-corrected chi connectivity index (χ1v) is 6.95. The van der Waals surface area contributed by atoms with Gasteiger partial charge in [-0.2, -0.15) is 13.2 Å². The van der Waals surface area contributed by atoms with Gasteiger partial charge in [-0.05, 0) is 18.2 Å². The van der Waals surface area contributed by atoms with E-state index in [1.165, 1.54) is 6.07 Å². The third kappa shape index (κ3) is 3.49. The fourth-order valence-corrected chi connectivity index (χ4v) is 2.35. The van der Waals surface area contributed by atoms with Crippen molar-refractivity contribution in [3.63, 3.8) is 0 Å². The lowest BCUT2D eigenvalue weighted by molar-refractivity contribution is -0.141. The van der Waals surface area contributed by atoms with Gasteiger partial charge in [0, 0.05) is 32.4 Å². The van der Waals surface area contributed by atoms with Gasteiger partial charge in [-0.3, -0.25) is 0 Å². The summed E-state index contributed by atoms with van der Waals surface area (Å²) in [6, 6.07) is 3.75. The van der Waals surface area contributed by atoms with Gasteiger partial charge in [0.05, 0.1) is 6.20 Å². The highest BCUT2D eigenvalue weighted by Crippen LogP contribution is 2.28. The van der Waals surface area contributed by atoms with E-state index in [0.717, 1.165) is 18.5 Å². The standard InChI is InChI=1S/C14H13F4N5/c15-10-1-2-12(20-9-10)22-5-7-23(8-6-22)13-19-4-3-11(21-13)14(16,17)18/h1-4,9H,5-8H2. The first kappa shape index (κ1) is 15.4. The minimum atomic E-state index is -4.49. The highest BCUT2D eigenvalue weighted by atomic mass is 19.4. The van der Waals surface area contributed by atoms with Gasteiger partial charge in [-0.15, -0.1) is 0 Å². The van der Waals surface area contributed by atoms with E-state index in [1.807, 2.05) is 4.90 Å². The molecule has 3 rings (SSSR count). The molecule has 9 heteroatoms. The third-order valence-corrected chi connectivity index (χ3v) is 3.53. The molecule has 0 saturated carbocycles. The van der Waals surface area contributed by atoms with Crippen LogP contribution in [0.15, 0.2) is 30.6 Å². The van der Waals surface area contributed by atoms with Crippen LogP contribution in [0.4, 0.5) is 29.3 Å². The summed E-state index contributed by atoms with van der Waals surface area (Å²) in [4.78, 5) is 15.1. The maximum atomic E-state index is 12.9. The predicted octanol–water partition coefficient (Wildman–Crippen LogP) is 2.36. The van der Waals surface area contributed by atoms with E-state index < -0.39 is 17.7 Å². The van der Waals surface area contributed by atoms with E-state index in [9.17, 15) is 17.6 Å². The summed E-state index contributed by atoms with van der Waals surface area (Å²) in [6.07, 6.45) is -2.24. The van der Waals surface area contributed by atoms with Gasteiger partial charge < -0.3 is 9.80 Å². The molecule has 1 aliphatic rings. The lowest BCUT2D eigenvalue weighted by Crippen LogP contribution is -2.47. The third-order valence-electron chi connectivity index (χ3n) is 3.53. The van der Waals surface area contributed by atoms with Crippen LogP contribution in [0.2, 0.25) is 0 Å². The molecule has 0 atom stereocenters. The molecule has 0 amide bonds. The summed E-state index contributed by atoms with van der Waals surface area (Å²) >= 11 is 0. The van der Waals surface area contributed by atoms with Crippen molar-refractivity contribution in [1.82, 2.24) is 15.0 Å². The van der Waals surface area contributed by atoms with Crippen molar-refractivity contribution < 1.29 is 17.6 Å². The Balaban J connectivity index is 1.68. The molecule has 5 nitrogen and oxygen atoms in total. The van der Waals surface area contributed by atoms with Crippen molar-refractivity contribution in [2.24, 2.45) is 0 Å². The number of piperazine rings is 1. The fraction of sp³-hybridized carbons (Fsp3) is 0.357. The predicted molar refractivity (Wildman–Crippen MR) is 75.7 cm³/mol.